The van der Waals surface area contributed by atoms with Crippen molar-refractivity contribution in [3.05, 3.63) is 29.5 Å². The van der Waals surface area contributed by atoms with Crippen molar-refractivity contribution >= 4 is 27.0 Å². The number of hydrogen-bond donors (Lipinski definition) is 1. The number of carbonyl (C=O) groups is 1. The lowest BCUT2D eigenvalue weighted by molar-refractivity contribution is -0.147. The number of benzene rings is 1. The number of carboxylic acid groups (broad SMARTS) is 1. The normalized spacial score (nSPS) is 19.1. The molecule has 1 aliphatic carbocycles. The molecule has 2 aromatic heterocycles. The Morgan fingerprint density at radius 1 is 1.21 bits per heavy atom. The minimum atomic E-state index is -3.55. The number of aliphatic carboxylic acids is 1. The van der Waals surface area contributed by atoms with Crippen molar-refractivity contribution in [1.82, 2.24) is 15.0 Å². The van der Waals surface area contributed by atoms with E-state index in [1.807, 2.05) is 26.0 Å². The molecule has 0 bridgehead atoms. The number of aromatic nitrogens is 3. The van der Waals surface area contributed by atoms with E-state index in [9.17, 15) is 13.2 Å². The van der Waals surface area contributed by atoms with Gasteiger partial charge in [-0.3, -0.25) is 4.79 Å². The van der Waals surface area contributed by atoms with Crippen molar-refractivity contribution in [2.45, 2.75) is 37.9 Å². The molecule has 0 spiro atoms. The summed E-state index contributed by atoms with van der Waals surface area (Å²) in [6.07, 6.45) is 3.24. The number of carboxylic acids is 1. The van der Waals surface area contributed by atoms with Gasteiger partial charge in [0.05, 0.1) is 12.1 Å². The number of hydrogen-bond acceptors (Lipinski definition) is 8. The van der Waals surface area contributed by atoms with Gasteiger partial charge in [-0.05, 0) is 49.9 Å². The molecule has 4 rings (SSSR count). The monoisotopic (exact) mass is 417 g/mol. The highest BCUT2D eigenvalue weighted by Crippen LogP contribution is 2.36. The fourth-order valence-electron chi connectivity index (χ4n) is 3.31. The van der Waals surface area contributed by atoms with Gasteiger partial charge in [0.15, 0.2) is 0 Å². The molecule has 0 atom stereocenters. The van der Waals surface area contributed by atoms with Crippen LogP contribution in [-0.2, 0) is 14.6 Å². The van der Waals surface area contributed by atoms with Gasteiger partial charge in [0.1, 0.15) is 17.4 Å². The molecule has 1 N–H and O–H groups in total. The van der Waals surface area contributed by atoms with Crippen LogP contribution in [0.15, 0.2) is 27.9 Å². The Morgan fingerprint density at radius 2 is 1.86 bits per heavy atom. The van der Waals surface area contributed by atoms with Gasteiger partial charge in [-0.2, -0.15) is 4.98 Å². The summed E-state index contributed by atoms with van der Waals surface area (Å²) in [6, 6.07) is 3.70. The highest BCUT2D eigenvalue weighted by Gasteiger charge is 2.36. The van der Waals surface area contributed by atoms with E-state index in [2.05, 4.69) is 15.0 Å². The smallest absolute Gasteiger partial charge is 0.306 e. The molecule has 3 aromatic rings. The molecular formula is C19H19N3O6S. The summed E-state index contributed by atoms with van der Waals surface area (Å²) in [4.78, 5) is 23.0. The summed E-state index contributed by atoms with van der Waals surface area (Å²) >= 11 is 0. The summed E-state index contributed by atoms with van der Waals surface area (Å²) in [5.41, 5.74) is 2.88. The van der Waals surface area contributed by atoms with Crippen LogP contribution in [0.25, 0.3) is 22.7 Å². The Kier molecular flexibility index (Phi) is 4.53. The predicted octanol–water partition coefficient (Wildman–Crippen LogP) is 2.55. The Hall–Kier alpha value is -3.01. The molecule has 10 heteroatoms. The largest absolute Gasteiger partial charge is 0.490 e. The molecule has 0 unspecified atom stereocenters. The molecule has 0 amide bonds. The summed E-state index contributed by atoms with van der Waals surface area (Å²) in [5.74, 6) is -0.102. The van der Waals surface area contributed by atoms with Gasteiger partial charge in [0.2, 0.25) is 20.9 Å². The van der Waals surface area contributed by atoms with Crippen LogP contribution in [0.2, 0.25) is 0 Å². The van der Waals surface area contributed by atoms with E-state index in [0.29, 0.717) is 29.8 Å². The Morgan fingerprint density at radius 3 is 2.45 bits per heavy atom. The topological polar surface area (TPSA) is 132 Å². The molecule has 29 heavy (non-hydrogen) atoms. The lowest BCUT2D eigenvalue weighted by Gasteiger charge is -2.33. The predicted molar refractivity (Wildman–Crippen MR) is 102 cm³/mol. The van der Waals surface area contributed by atoms with E-state index >= 15 is 0 Å². The molecule has 9 nitrogen and oxygen atoms in total. The average molecular weight is 417 g/mol. The highest BCUT2D eigenvalue weighted by atomic mass is 32.2. The molecule has 1 fully saturated rings. The first-order chi connectivity index (χ1) is 13.6. The van der Waals surface area contributed by atoms with Gasteiger partial charge < -0.3 is 14.3 Å². The number of nitrogens with zero attached hydrogens (tertiary/aromatic N) is 3. The number of oxazole rings is 1. The van der Waals surface area contributed by atoms with Crippen molar-refractivity contribution in [1.29, 1.82) is 0 Å². The van der Waals surface area contributed by atoms with Crippen molar-refractivity contribution in [3.8, 4) is 17.2 Å². The van der Waals surface area contributed by atoms with Crippen molar-refractivity contribution in [2.24, 2.45) is 5.92 Å². The van der Waals surface area contributed by atoms with Crippen LogP contribution in [0.3, 0.4) is 0 Å². The lowest BCUT2D eigenvalue weighted by Crippen LogP contribution is -2.38. The summed E-state index contributed by atoms with van der Waals surface area (Å²) in [7, 11) is -3.55. The van der Waals surface area contributed by atoms with Crippen LogP contribution in [0.1, 0.15) is 24.0 Å². The summed E-state index contributed by atoms with van der Waals surface area (Å²) in [6.45, 7) is 3.78. The maximum absolute atomic E-state index is 11.6. The molecule has 0 radical (unpaired) electrons. The van der Waals surface area contributed by atoms with Crippen LogP contribution >= 0.6 is 0 Å². The van der Waals surface area contributed by atoms with Gasteiger partial charge in [0.25, 0.3) is 5.71 Å². The SMILES string of the molecule is Cc1cc(-c2nc3cnc(S(C)(=O)=O)nc3o2)cc(C)c1OC1CC(C(=O)O)C1. The second-order valence-electron chi connectivity index (χ2n) is 7.32. The standard InChI is InChI=1S/C19H19N3O6S/c1-9-4-11(5-10(2)15(9)27-13-6-12(7-13)18(23)24)16-21-14-8-20-19(29(3,25)26)22-17(14)28-16/h4-5,8,12-13H,6-7H2,1-3H3,(H,23,24). The molecule has 2 heterocycles. The van der Waals surface area contributed by atoms with Crippen LogP contribution in [-0.4, -0.2) is 46.8 Å². The molecule has 1 aromatic carbocycles. The number of fused-ring (bicyclic) bond motifs is 1. The summed E-state index contributed by atoms with van der Waals surface area (Å²) in [5, 5.41) is 8.68. The second kappa shape index (κ2) is 6.80. The van der Waals surface area contributed by atoms with Gasteiger partial charge in [-0.25, -0.2) is 18.4 Å². The van der Waals surface area contributed by atoms with Crippen LogP contribution in [0.5, 0.6) is 5.75 Å². The molecule has 0 aliphatic heterocycles. The zero-order chi connectivity index (χ0) is 20.9. The quantitative estimate of drug-likeness (QED) is 0.622. The molecule has 152 valence electrons. The van der Waals surface area contributed by atoms with E-state index in [4.69, 9.17) is 14.3 Å². The number of aryl methyl sites for hydroxylation is 2. The highest BCUT2D eigenvalue weighted by molar-refractivity contribution is 7.90. The van der Waals surface area contributed by atoms with Gasteiger partial charge in [0, 0.05) is 11.8 Å². The van der Waals surface area contributed by atoms with Crippen molar-refractivity contribution < 1.29 is 27.5 Å². The van der Waals surface area contributed by atoms with E-state index < -0.39 is 15.8 Å². The van der Waals surface area contributed by atoms with Gasteiger partial charge in [-0.1, -0.05) is 0 Å². The third kappa shape index (κ3) is 3.67. The maximum atomic E-state index is 11.6. The first-order valence-corrected chi connectivity index (χ1v) is 10.9. The van der Waals surface area contributed by atoms with Crippen LogP contribution in [0.4, 0.5) is 0 Å². The fourth-order valence-corrected chi connectivity index (χ4v) is 3.81. The molecule has 1 saturated carbocycles. The second-order valence-corrected chi connectivity index (χ2v) is 9.23. The Balaban J connectivity index is 1.62. The molecule has 1 aliphatic rings. The number of sulfone groups is 1. The maximum Gasteiger partial charge on any atom is 0.306 e. The summed E-state index contributed by atoms with van der Waals surface area (Å²) < 4.78 is 34.9. The minimum absolute atomic E-state index is 0.0974. The zero-order valence-electron chi connectivity index (χ0n) is 16.0. The third-order valence-corrected chi connectivity index (χ3v) is 5.76. The van der Waals surface area contributed by atoms with Gasteiger partial charge >= 0.3 is 5.97 Å². The minimum Gasteiger partial charge on any atom is -0.490 e. The first-order valence-electron chi connectivity index (χ1n) is 8.96. The first kappa shape index (κ1) is 19.3. The van der Waals surface area contributed by atoms with E-state index in [0.717, 1.165) is 23.1 Å². The van der Waals surface area contributed by atoms with Crippen molar-refractivity contribution in [3.63, 3.8) is 0 Å². The fraction of sp³-hybridized carbons (Fsp3) is 0.368. The Bertz CT molecular complexity index is 1200. The van der Waals surface area contributed by atoms with Crippen molar-refractivity contribution in [2.75, 3.05) is 6.26 Å². The van der Waals surface area contributed by atoms with Crippen LogP contribution in [0, 0.1) is 19.8 Å². The molecular weight excluding hydrogens is 398 g/mol. The number of rotatable bonds is 5. The van der Waals surface area contributed by atoms with E-state index in [1.54, 1.807) is 0 Å². The number of ether oxygens (including phenoxy) is 1. The van der Waals surface area contributed by atoms with Crippen LogP contribution < -0.4 is 4.74 Å². The van der Waals surface area contributed by atoms with Gasteiger partial charge in [-0.15, -0.1) is 0 Å². The Labute approximate surface area is 166 Å². The zero-order valence-corrected chi connectivity index (χ0v) is 16.9. The van der Waals surface area contributed by atoms with E-state index in [1.165, 1.54) is 6.20 Å². The third-order valence-electron chi connectivity index (χ3n) is 4.90. The average Bonchev–Trinajstić information content (AvgIpc) is 3.01. The lowest BCUT2D eigenvalue weighted by atomic mass is 9.82. The van der Waals surface area contributed by atoms with E-state index in [-0.39, 0.29) is 22.9 Å². The molecule has 0 saturated heterocycles.